The number of nitrogens with one attached hydrogen (secondary N) is 2. The van der Waals surface area contributed by atoms with Crippen LogP contribution in [0.15, 0.2) is 24.3 Å². The van der Waals surface area contributed by atoms with Gasteiger partial charge in [0.25, 0.3) is 0 Å². The summed E-state index contributed by atoms with van der Waals surface area (Å²) in [6, 6.07) is 8.40. The van der Waals surface area contributed by atoms with E-state index in [1.165, 1.54) is 22.2 Å². The number of rotatable bonds is 1. The second kappa shape index (κ2) is 5.19. The number of H-pyrrole nitrogens is 1. The van der Waals surface area contributed by atoms with E-state index in [9.17, 15) is 4.79 Å². The Morgan fingerprint density at radius 2 is 2.00 bits per heavy atom. The van der Waals surface area contributed by atoms with Gasteiger partial charge in [-0.25, -0.2) is 0 Å². The largest absolute Gasteiger partial charge is 0.358 e. The molecule has 0 bridgehead atoms. The standard InChI is InChI=1S/C17H21N3O/c21-17(12-5-8-18-9-6-12)20-10-7-16-14(11-20)13-3-1-2-4-15(13)19-16/h1-4,12,18-19H,5-11H2. The minimum Gasteiger partial charge on any atom is -0.358 e. The molecule has 2 aliphatic heterocycles. The fourth-order valence-electron chi connectivity index (χ4n) is 3.68. The first kappa shape index (κ1) is 12.9. The molecular weight excluding hydrogens is 262 g/mol. The Bertz CT molecular complexity index is 670. The van der Waals surface area contributed by atoms with Crippen molar-refractivity contribution in [3.63, 3.8) is 0 Å². The van der Waals surface area contributed by atoms with Gasteiger partial charge >= 0.3 is 0 Å². The molecule has 1 aromatic carbocycles. The van der Waals surface area contributed by atoms with Gasteiger partial charge in [0, 0.05) is 47.6 Å². The van der Waals surface area contributed by atoms with Crippen LogP contribution in [0.4, 0.5) is 0 Å². The quantitative estimate of drug-likeness (QED) is 0.841. The Hall–Kier alpha value is -1.81. The third-order valence-corrected chi connectivity index (χ3v) is 4.88. The van der Waals surface area contributed by atoms with Crippen LogP contribution in [0.3, 0.4) is 0 Å². The second-order valence-electron chi connectivity index (χ2n) is 6.16. The number of para-hydroxylation sites is 1. The molecule has 4 nitrogen and oxygen atoms in total. The van der Waals surface area contributed by atoms with Gasteiger partial charge in [0.2, 0.25) is 5.91 Å². The minimum absolute atomic E-state index is 0.220. The summed E-state index contributed by atoms with van der Waals surface area (Å²) in [5.41, 5.74) is 3.82. The van der Waals surface area contributed by atoms with Crippen molar-refractivity contribution in [2.75, 3.05) is 19.6 Å². The number of benzene rings is 1. The summed E-state index contributed by atoms with van der Waals surface area (Å²) >= 11 is 0. The van der Waals surface area contributed by atoms with Crippen molar-refractivity contribution in [1.82, 2.24) is 15.2 Å². The molecule has 4 heteroatoms. The van der Waals surface area contributed by atoms with Gasteiger partial charge in [-0.05, 0) is 32.0 Å². The monoisotopic (exact) mass is 283 g/mol. The summed E-state index contributed by atoms with van der Waals surface area (Å²) in [6.07, 6.45) is 2.91. The molecule has 0 atom stereocenters. The molecule has 0 radical (unpaired) electrons. The third kappa shape index (κ3) is 2.23. The van der Waals surface area contributed by atoms with E-state index in [-0.39, 0.29) is 5.92 Å². The lowest BCUT2D eigenvalue weighted by atomic mass is 9.95. The first-order valence-electron chi connectivity index (χ1n) is 7.91. The molecule has 0 saturated carbocycles. The first-order chi connectivity index (χ1) is 10.3. The zero-order valence-corrected chi connectivity index (χ0v) is 12.2. The van der Waals surface area contributed by atoms with E-state index in [0.717, 1.165) is 45.4 Å². The summed E-state index contributed by atoms with van der Waals surface area (Å²) in [7, 11) is 0. The Kier molecular flexibility index (Phi) is 3.19. The number of aromatic nitrogens is 1. The van der Waals surface area contributed by atoms with E-state index in [2.05, 4.69) is 39.5 Å². The highest BCUT2D eigenvalue weighted by molar-refractivity contribution is 5.86. The molecule has 110 valence electrons. The van der Waals surface area contributed by atoms with Gasteiger partial charge in [0.05, 0.1) is 0 Å². The zero-order chi connectivity index (χ0) is 14.2. The van der Waals surface area contributed by atoms with Gasteiger partial charge in [-0.3, -0.25) is 4.79 Å². The topological polar surface area (TPSA) is 48.1 Å². The van der Waals surface area contributed by atoms with Gasteiger partial charge in [-0.1, -0.05) is 18.2 Å². The van der Waals surface area contributed by atoms with E-state index >= 15 is 0 Å². The summed E-state index contributed by atoms with van der Waals surface area (Å²) in [6.45, 7) is 3.57. The molecule has 1 saturated heterocycles. The molecule has 1 aromatic heterocycles. The third-order valence-electron chi connectivity index (χ3n) is 4.88. The van der Waals surface area contributed by atoms with Gasteiger partial charge in [-0.15, -0.1) is 0 Å². The average Bonchev–Trinajstić information content (AvgIpc) is 2.93. The van der Waals surface area contributed by atoms with Crippen molar-refractivity contribution in [2.24, 2.45) is 5.92 Å². The lowest BCUT2D eigenvalue weighted by Crippen LogP contribution is -2.43. The van der Waals surface area contributed by atoms with Crippen LogP contribution < -0.4 is 5.32 Å². The lowest BCUT2D eigenvalue weighted by Gasteiger charge is -2.32. The number of hydrogen-bond donors (Lipinski definition) is 2. The van der Waals surface area contributed by atoms with Crippen molar-refractivity contribution in [3.8, 4) is 0 Å². The summed E-state index contributed by atoms with van der Waals surface area (Å²) in [5, 5.41) is 4.61. The molecule has 0 unspecified atom stereocenters. The molecular formula is C17H21N3O. The number of amides is 1. The van der Waals surface area contributed by atoms with Crippen LogP contribution in [0.25, 0.3) is 10.9 Å². The van der Waals surface area contributed by atoms with Crippen molar-refractivity contribution in [1.29, 1.82) is 0 Å². The minimum atomic E-state index is 0.220. The van der Waals surface area contributed by atoms with Crippen molar-refractivity contribution >= 4 is 16.8 Å². The van der Waals surface area contributed by atoms with Crippen LogP contribution in [0, 0.1) is 5.92 Å². The predicted molar refractivity (Wildman–Crippen MR) is 83.0 cm³/mol. The molecule has 2 aliphatic rings. The van der Waals surface area contributed by atoms with E-state index in [1.54, 1.807) is 0 Å². The smallest absolute Gasteiger partial charge is 0.226 e. The maximum atomic E-state index is 12.7. The summed E-state index contributed by atoms with van der Waals surface area (Å²) in [4.78, 5) is 18.3. The fraction of sp³-hybridized carbons (Fsp3) is 0.471. The SMILES string of the molecule is O=C(C1CCNCC1)N1CCc2[nH]c3ccccc3c2C1. The van der Waals surface area contributed by atoms with E-state index in [0.29, 0.717) is 5.91 Å². The Labute approximate surface area is 124 Å². The van der Waals surface area contributed by atoms with E-state index in [1.807, 2.05) is 0 Å². The Balaban J connectivity index is 1.59. The molecule has 0 aliphatic carbocycles. The highest BCUT2D eigenvalue weighted by atomic mass is 16.2. The van der Waals surface area contributed by atoms with E-state index < -0.39 is 0 Å². The van der Waals surface area contributed by atoms with Crippen LogP contribution in [-0.4, -0.2) is 35.4 Å². The number of fused-ring (bicyclic) bond motifs is 3. The maximum absolute atomic E-state index is 12.7. The van der Waals surface area contributed by atoms with Crippen LogP contribution >= 0.6 is 0 Å². The molecule has 0 spiro atoms. The molecule has 1 amide bonds. The highest BCUT2D eigenvalue weighted by Gasteiger charge is 2.29. The highest BCUT2D eigenvalue weighted by Crippen LogP contribution is 2.29. The van der Waals surface area contributed by atoms with Crippen molar-refractivity contribution < 1.29 is 4.79 Å². The Morgan fingerprint density at radius 1 is 1.19 bits per heavy atom. The number of piperidine rings is 1. The van der Waals surface area contributed by atoms with Crippen LogP contribution in [0.2, 0.25) is 0 Å². The van der Waals surface area contributed by atoms with Gasteiger partial charge in [0.15, 0.2) is 0 Å². The number of aromatic amines is 1. The second-order valence-corrected chi connectivity index (χ2v) is 6.16. The maximum Gasteiger partial charge on any atom is 0.226 e. The number of nitrogens with zero attached hydrogens (tertiary/aromatic N) is 1. The van der Waals surface area contributed by atoms with Crippen molar-refractivity contribution in [2.45, 2.75) is 25.8 Å². The molecule has 21 heavy (non-hydrogen) atoms. The van der Waals surface area contributed by atoms with Crippen LogP contribution in [-0.2, 0) is 17.8 Å². The predicted octanol–water partition coefficient (Wildman–Crippen LogP) is 2.05. The zero-order valence-electron chi connectivity index (χ0n) is 12.2. The molecule has 3 heterocycles. The first-order valence-corrected chi connectivity index (χ1v) is 7.91. The van der Waals surface area contributed by atoms with Crippen LogP contribution in [0.1, 0.15) is 24.1 Å². The van der Waals surface area contributed by atoms with Gasteiger partial charge in [-0.2, -0.15) is 0 Å². The summed E-state index contributed by atoms with van der Waals surface area (Å²) < 4.78 is 0. The van der Waals surface area contributed by atoms with E-state index in [4.69, 9.17) is 0 Å². The summed E-state index contributed by atoms with van der Waals surface area (Å²) in [5.74, 6) is 0.574. The fourth-order valence-corrected chi connectivity index (χ4v) is 3.68. The van der Waals surface area contributed by atoms with Crippen molar-refractivity contribution in [3.05, 3.63) is 35.5 Å². The number of carbonyl (C=O) groups excluding carboxylic acids is 1. The van der Waals surface area contributed by atoms with Gasteiger partial charge in [0.1, 0.15) is 0 Å². The molecule has 2 N–H and O–H groups in total. The average molecular weight is 283 g/mol. The number of hydrogen-bond acceptors (Lipinski definition) is 2. The normalized spacial score (nSPS) is 19.7. The number of carbonyl (C=O) groups is 1. The van der Waals surface area contributed by atoms with Gasteiger partial charge < -0.3 is 15.2 Å². The lowest BCUT2D eigenvalue weighted by molar-refractivity contribution is -0.137. The molecule has 2 aromatic rings. The molecule has 1 fully saturated rings. The Morgan fingerprint density at radius 3 is 2.86 bits per heavy atom. The molecule has 4 rings (SSSR count). The van der Waals surface area contributed by atoms with Crippen LogP contribution in [0.5, 0.6) is 0 Å².